The average Bonchev–Trinajstić information content (AvgIpc) is 2.12. The summed E-state index contributed by atoms with van der Waals surface area (Å²) in [6.45, 7) is 3.85. The topological polar surface area (TPSA) is 44.8 Å². The Morgan fingerprint density at radius 1 is 1.08 bits per heavy atom. The van der Waals surface area contributed by atoms with Crippen molar-refractivity contribution in [3.63, 3.8) is 0 Å². The van der Waals surface area contributed by atoms with Gasteiger partial charge in [0.05, 0.1) is 7.11 Å². The van der Waals surface area contributed by atoms with Gasteiger partial charge in [-0.25, -0.2) is 0 Å². The maximum Gasteiger partial charge on any atom is 0.314 e. The van der Waals surface area contributed by atoms with E-state index in [4.69, 9.17) is 9.47 Å². The number of hydrogen-bond donors (Lipinski definition) is 0. The van der Waals surface area contributed by atoms with Gasteiger partial charge >= 0.3 is 5.97 Å². The quantitative estimate of drug-likeness (QED) is 0.480. The highest BCUT2D eigenvalue weighted by molar-refractivity contribution is 5.73. The third-order valence-corrected chi connectivity index (χ3v) is 1.95. The van der Waals surface area contributed by atoms with Gasteiger partial charge in [-0.3, -0.25) is 4.79 Å². The van der Waals surface area contributed by atoms with Gasteiger partial charge < -0.3 is 14.2 Å². The number of methoxy groups -OCH3 is 3. The van der Waals surface area contributed by atoms with Crippen molar-refractivity contribution in [3.05, 3.63) is 0 Å². The van der Waals surface area contributed by atoms with Crippen molar-refractivity contribution < 1.29 is 19.0 Å². The highest BCUT2D eigenvalue weighted by atomic mass is 16.7. The highest BCUT2D eigenvalue weighted by Gasteiger charge is 2.32. The van der Waals surface area contributed by atoms with Crippen molar-refractivity contribution in [1.82, 2.24) is 0 Å². The molecule has 0 aromatic rings. The Labute approximate surface area is 79.2 Å². The Kier molecular flexibility index (Phi) is 5.66. The summed E-state index contributed by atoms with van der Waals surface area (Å²) in [6.07, 6.45) is -0.535. The van der Waals surface area contributed by atoms with Gasteiger partial charge in [0.15, 0.2) is 6.29 Å². The van der Waals surface area contributed by atoms with Gasteiger partial charge in [0.2, 0.25) is 0 Å². The Morgan fingerprint density at radius 3 is 1.77 bits per heavy atom. The first-order chi connectivity index (χ1) is 6.08. The summed E-state index contributed by atoms with van der Waals surface area (Å²) in [4.78, 5) is 11.3. The molecule has 78 valence electrons. The minimum Gasteiger partial charge on any atom is -0.469 e. The van der Waals surface area contributed by atoms with E-state index in [-0.39, 0.29) is 17.8 Å². The first-order valence-electron chi connectivity index (χ1n) is 4.21. The molecule has 4 nitrogen and oxygen atoms in total. The molecule has 4 heteroatoms. The van der Waals surface area contributed by atoms with Crippen LogP contribution >= 0.6 is 0 Å². The summed E-state index contributed by atoms with van der Waals surface area (Å²) in [5.41, 5.74) is 0. The second-order valence-electron chi connectivity index (χ2n) is 3.13. The number of esters is 1. The largest absolute Gasteiger partial charge is 0.469 e. The van der Waals surface area contributed by atoms with E-state index < -0.39 is 6.29 Å². The zero-order valence-corrected chi connectivity index (χ0v) is 8.87. The summed E-state index contributed by atoms with van der Waals surface area (Å²) in [7, 11) is 4.37. The fourth-order valence-electron chi connectivity index (χ4n) is 1.22. The molecule has 0 saturated carbocycles. The minimum atomic E-state index is -0.535. The van der Waals surface area contributed by atoms with Crippen LogP contribution in [0.2, 0.25) is 0 Å². The highest BCUT2D eigenvalue weighted by Crippen LogP contribution is 2.19. The molecule has 0 amide bonds. The number of carbonyl (C=O) groups excluding carboxylic acids is 1. The molecular weight excluding hydrogens is 172 g/mol. The number of rotatable bonds is 5. The Balaban J connectivity index is 4.47. The van der Waals surface area contributed by atoms with Gasteiger partial charge in [0.1, 0.15) is 5.92 Å². The van der Waals surface area contributed by atoms with Gasteiger partial charge in [-0.2, -0.15) is 0 Å². The Hall–Kier alpha value is -0.610. The number of ether oxygens (including phenoxy) is 3. The molecule has 0 spiro atoms. The van der Waals surface area contributed by atoms with Crippen LogP contribution in [0.5, 0.6) is 0 Å². The van der Waals surface area contributed by atoms with Crippen molar-refractivity contribution in [2.75, 3.05) is 21.3 Å². The van der Waals surface area contributed by atoms with E-state index in [0.717, 1.165) is 0 Å². The van der Waals surface area contributed by atoms with Crippen LogP contribution in [-0.2, 0) is 19.0 Å². The van der Waals surface area contributed by atoms with Gasteiger partial charge in [-0.15, -0.1) is 0 Å². The van der Waals surface area contributed by atoms with E-state index in [0.29, 0.717) is 0 Å². The molecule has 1 unspecified atom stereocenters. The Morgan fingerprint density at radius 2 is 1.54 bits per heavy atom. The molecule has 0 rings (SSSR count). The van der Waals surface area contributed by atoms with E-state index in [1.807, 2.05) is 13.8 Å². The monoisotopic (exact) mass is 190 g/mol. The summed E-state index contributed by atoms with van der Waals surface area (Å²) in [6, 6.07) is 0. The summed E-state index contributed by atoms with van der Waals surface area (Å²) < 4.78 is 14.7. The van der Waals surface area contributed by atoms with Crippen LogP contribution in [0.4, 0.5) is 0 Å². The normalized spacial score (nSPS) is 13.5. The van der Waals surface area contributed by atoms with Crippen molar-refractivity contribution in [2.24, 2.45) is 11.8 Å². The second kappa shape index (κ2) is 5.94. The van der Waals surface area contributed by atoms with Crippen molar-refractivity contribution in [1.29, 1.82) is 0 Å². The summed E-state index contributed by atoms with van der Waals surface area (Å²) in [5.74, 6) is -0.555. The molecule has 0 aliphatic heterocycles. The predicted octanol–water partition coefficient (Wildman–Crippen LogP) is 1.05. The lowest BCUT2D eigenvalue weighted by molar-refractivity contribution is -0.180. The van der Waals surface area contributed by atoms with Crippen LogP contribution in [0.25, 0.3) is 0 Å². The summed E-state index contributed by atoms with van der Waals surface area (Å²) in [5, 5.41) is 0. The second-order valence-corrected chi connectivity index (χ2v) is 3.13. The lowest BCUT2D eigenvalue weighted by atomic mass is 9.95. The van der Waals surface area contributed by atoms with Crippen LogP contribution < -0.4 is 0 Å². The molecule has 0 aliphatic rings. The van der Waals surface area contributed by atoms with Crippen molar-refractivity contribution in [2.45, 2.75) is 20.1 Å². The minimum absolute atomic E-state index is 0.123. The summed E-state index contributed by atoms with van der Waals surface area (Å²) >= 11 is 0. The maximum atomic E-state index is 11.3. The van der Waals surface area contributed by atoms with E-state index >= 15 is 0 Å². The molecule has 1 atom stereocenters. The SMILES string of the molecule is COC(=O)C(C(C)C)C(OC)OC. The molecule has 0 N–H and O–H groups in total. The first kappa shape index (κ1) is 12.4. The van der Waals surface area contributed by atoms with E-state index in [9.17, 15) is 4.79 Å². The molecule has 13 heavy (non-hydrogen) atoms. The maximum absolute atomic E-state index is 11.3. The fraction of sp³-hybridized carbons (Fsp3) is 0.889. The lowest BCUT2D eigenvalue weighted by Crippen LogP contribution is -2.36. The molecule has 0 bridgehead atoms. The third kappa shape index (κ3) is 3.32. The average molecular weight is 190 g/mol. The fourth-order valence-corrected chi connectivity index (χ4v) is 1.22. The van der Waals surface area contributed by atoms with Gasteiger partial charge in [0.25, 0.3) is 0 Å². The van der Waals surface area contributed by atoms with E-state index in [1.165, 1.54) is 21.3 Å². The standard InChI is InChI=1S/C9H18O4/c1-6(2)7(8(10)11-3)9(12-4)13-5/h6-7,9H,1-5H3. The van der Waals surface area contributed by atoms with Crippen molar-refractivity contribution >= 4 is 5.97 Å². The molecular formula is C9H18O4. The van der Waals surface area contributed by atoms with Crippen LogP contribution in [0.15, 0.2) is 0 Å². The zero-order chi connectivity index (χ0) is 10.4. The molecule has 0 radical (unpaired) electrons. The van der Waals surface area contributed by atoms with Crippen LogP contribution in [0.3, 0.4) is 0 Å². The van der Waals surface area contributed by atoms with Gasteiger partial charge in [0, 0.05) is 14.2 Å². The molecule has 0 aromatic carbocycles. The molecule has 0 aromatic heterocycles. The lowest BCUT2D eigenvalue weighted by Gasteiger charge is -2.25. The van der Waals surface area contributed by atoms with E-state index in [2.05, 4.69) is 4.74 Å². The number of carbonyl (C=O) groups is 1. The first-order valence-corrected chi connectivity index (χ1v) is 4.21. The molecule has 0 aliphatic carbocycles. The predicted molar refractivity (Wildman–Crippen MR) is 48.2 cm³/mol. The van der Waals surface area contributed by atoms with Crippen LogP contribution in [0, 0.1) is 11.8 Å². The molecule has 0 fully saturated rings. The van der Waals surface area contributed by atoms with Crippen LogP contribution in [0.1, 0.15) is 13.8 Å². The number of hydrogen-bond acceptors (Lipinski definition) is 4. The van der Waals surface area contributed by atoms with E-state index in [1.54, 1.807) is 0 Å². The van der Waals surface area contributed by atoms with Gasteiger partial charge in [-0.1, -0.05) is 13.8 Å². The van der Waals surface area contributed by atoms with Crippen molar-refractivity contribution in [3.8, 4) is 0 Å². The molecule has 0 saturated heterocycles. The zero-order valence-electron chi connectivity index (χ0n) is 8.87. The smallest absolute Gasteiger partial charge is 0.314 e. The Bertz CT molecular complexity index is 152. The van der Waals surface area contributed by atoms with Crippen LogP contribution in [-0.4, -0.2) is 33.6 Å². The van der Waals surface area contributed by atoms with Gasteiger partial charge in [-0.05, 0) is 5.92 Å². The molecule has 0 heterocycles. The third-order valence-electron chi connectivity index (χ3n) is 1.95.